The first-order valence-electron chi connectivity index (χ1n) is 8.76. The van der Waals surface area contributed by atoms with Crippen LogP contribution >= 0.6 is 12.6 Å². The van der Waals surface area contributed by atoms with E-state index >= 15 is 0 Å². The molecular weight excluding hydrogens is 482 g/mol. The summed E-state index contributed by atoms with van der Waals surface area (Å²) in [6.45, 7) is -0.379. The summed E-state index contributed by atoms with van der Waals surface area (Å²) in [5, 5.41) is 28.0. The molecule has 1 fully saturated rings. The Kier molecular flexibility index (Phi) is 8.35. The van der Waals surface area contributed by atoms with Crippen molar-refractivity contribution in [3.8, 4) is 6.07 Å². The van der Waals surface area contributed by atoms with Gasteiger partial charge in [-0.25, -0.2) is 21.7 Å². The van der Waals surface area contributed by atoms with Gasteiger partial charge in [-0.1, -0.05) is 0 Å². The molecule has 5 nitrogen and oxygen atoms in total. The van der Waals surface area contributed by atoms with E-state index in [2.05, 4.69) is 12.6 Å². The lowest BCUT2D eigenvalue weighted by Crippen LogP contribution is -2.37. The summed E-state index contributed by atoms with van der Waals surface area (Å²) in [4.78, 5) is 0.0223. The molecular formula is C19H16F6N2O3S2. The molecule has 13 heteroatoms. The van der Waals surface area contributed by atoms with Gasteiger partial charge < -0.3 is 10.2 Å². The maximum Gasteiger partial charge on any atom is 0.416 e. The van der Waals surface area contributed by atoms with Crippen LogP contribution in [0.15, 0.2) is 40.1 Å². The van der Waals surface area contributed by atoms with E-state index in [9.17, 15) is 35.7 Å². The molecule has 0 aliphatic carbocycles. The Morgan fingerprint density at radius 3 is 2.25 bits per heavy atom. The predicted octanol–water partition coefficient (Wildman–Crippen LogP) is 3.42. The highest BCUT2D eigenvalue weighted by atomic mass is 32.2. The molecule has 174 valence electrons. The van der Waals surface area contributed by atoms with Gasteiger partial charge in [-0.05, 0) is 36.8 Å². The summed E-state index contributed by atoms with van der Waals surface area (Å²) in [7, 11) is -1.88. The topological polar surface area (TPSA) is 84.6 Å². The van der Waals surface area contributed by atoms with Crippen LogP contribution in [0, 0.1) is 28.8 Å². The fourth-order valence-electron chi connectivity index (χ4n) is 2.72. The third kappa shape index (κ3) is 6.23. The van der Waals surface area contributed by atoms with Crippen molar-refractivity contribution >= 4 is 23.6 Å². The van der Waals surface area contributed by atoms with Crippen LogP contribution in [0.2, 0.25) is 0 Å². The first kappa shape index (κ1) is 26.1. The molecule has 2 aromatic carbocycles. The molecule has 2 atom stereocenters. The second-order valence-electron chi connectivity index (χ2n) is 6.79. The van der Waals surface area contributed by atoms with Crippen molar-refractivity contribution in [2.24, 2.45) is 0 Å². The van der Waals surface area contributed by atoms with E-state index < -0.39 is 52.4 Å². The quantitative estimate of drug-likeness (QED) is 0.344. The number of aliphatic hydroxyl groups excluding tert-OH is 1. The minimum atomic E-state index is -4.59. The van der Waals surface area contributed by atoms with Gasteiger partial charge in [0.25, 0.3) is 0 Å². The smallest absolute Gasteiger partial charge is 0.393 e. The first-order chi connectivity index (χ1) is 14.8. The summed E-state index contributed by atoms with van der Waals surface area (Å²) >= 11 is 3.62. The molecule has 1 saturated heterocycles. The fraction of sp³-hybridized carbons (Fsp3) is 0.316. The Balaban J connectivity index is 0.000000303. The molecule has 1 aliphatic heterocycles. The monoisotopic (exact) mass is 498 g/mol. The van der Waals surface area contributed by atoms with Gasteiger partial charge in [0.05, 0.1) is 22.6 Å². The molecule has 2 aromatic rings. The molecule has 2 unspecified atom stereocenters. The van der Waals surface area contributed by atoms with Gasteiger partial charge in [-0.3, -0.25) is 0 Å². The molecule has 0 spiro atoms. The number of nitriles is 1. The lowest BCUT2D eigenvalue weighted by Gasteiger charge is -2.20. The molecule has 32 heavy (non-hydrogen) atoms. The minimum Gasteiger partial charge on any atom is -0.393 e. The minimum absolute atomic E-state index is 0.0438. The SMILES string of the molecule is Fc1cc(S)cc(F)c1F.N#Cc1cc(C(F)(F)F)ccc1S(=O)N1CCC(O)(CO)C1. The number of benzene rings is 2. The van der Waals surface area contributed by atoms with Gasteiger partial charge in [0.15, 0.2) is 17.5 Å². The summed E-state index contributed by atoms with van der Waals surface area (Å²) in [5.74, 6) is -3.90. The molecule has 2 N–H and O–H groups in total. The number of aliphatic hydroxyl groups is 2. The Hall–Kier alpha value is -2.11. The van der Waals surface area contributed by atoms with Crippen molar-refractivity contribution in [1.82, 2.24) is 4.31 Å². The van der Waals surface area contributed by atoms with E-state index in [4.69, 9.17) is 10.4 Å². The Bertz CT molecular complexity index is 1040. The third-order valence-corrected chi connectivity index (χ3v) is 6.18. The van der Waals surface area contributed by atoms with Crippen molar-refractivity contribution in [1.29, 1.82) is 5.26 Å². The number of halogens is 6. The van der Waals surface area contributed by atoms with Crippen molar-refractivity contribution in [2.75, 3.05) is 19.7 Å². The molecule has 0 bridgehead atoms. The largest absolute Gasteiger partial charge is 0.416 e. The number of β-amino-alcohol motifs (C(OH)–C–C–N with tert-alkyl or cyclic N) is 1. The van der Waals surface area contributed by atoms with Crippen molar-refractivity contribution in [3.63, 3.8) is 0 Å². The Morgan fingerprint density at radius 2 is 1.78 bits per heavy atom. The van der Waals surface area contributed by atoms with E-state index in [1.807, 2.05) is 0 Å². The van der Waals surface area contributed by atoms with E-state index in [1.54, 1.807) is 6.07 Å². The number of rotatable bonds is 3. The van der Waals surface area contributed by atoms with Crippen LogP contribution in [-0.4, -0.2) is 44.0 Å². The normalized spacial score (nSPS) is 19.8. The van der Waals surface area contributed by atoms with E-state index in [0.29, 0.717) is 6.07 Å². The van der Waals surface area contributed by atoms with E-state index in [0.717, 1.165) is 24.3 Å². The zero-order chi connectivity index (χ0) is 24.3. The van der Waals surface area contributed by atoms with Crippen LogP contribution in [0.25, 0.3) is 0 Å². The fourth-order valence-corrected chi connectivity index (χ4v) is 4.31. The highest BCUT2D eigenvalue weighted by molar-refractivity contribution is 7.82. The summed E-state index contributed by atoms with van der Waals surface area (Å²) < 4.78 is 88.1. The van der Waals surface area contributed by atoms with Gasteiger partial charge in [0.2, 0.25) is 0 Å². The lowest BCUT2D eigenvalue weighted by molar-refractivity contribution is -0.137. The van der Waals surface area contributed by atoms with Gasteiger partial charge in [-0.2, -0.15) is 18.4 Å². The van der Waals surface area contributed by atoms with Gasteiger partial charge >= 0.3 is 6.18 Å². The molecule has 1 heterocycles. The van der Waals surface area contributed by atoms with Crippen LogP contribution in [-0.2, 0) is 17.2 Å². The van der Waals surface area contributed by atoms with Gasteiger partial charge in [-0.15, -0.1) is 12.6 Å². The number of nitrogens with zero attached hydrogens (tertiary/aromatic N) is 2. The highest BCUT2D eigenvalue weighted by Crippen LogP contribution is 2.32. The van der Waals surface area contributed by atoms with Crippen LogP contribution in [0.3, 0.4) is 0 Å². The maximum atomic E-state index is 12.6. The van der Waals surface area contributed by atoms with Crippen LogP contribution < -0.4 is 0 Å². The van der Waals surface area contributed by atoms with E-state index in [-0.39, 0.29) is 34.9 Å². The van der Waals surface area contributed by atoms with Crippen molar-refractivity contribution < 1.29 is 40.8 Å². The number of thiol groups is 1. The molecule has 3 rings (SSSR count). The number of alkyl halides is 3. The van der Waals surface area contributed by atoms with Crippen LogP contribution in [0.5, 0.6) is 0 Å². The number of hydrogen-bond acceptors (Lipinski definition) is 5. The van der Waals surface area contributed by atoms with Crippen molar-refractivity contribution in [3.05, 3.63) is 58.9 Å². The molecule has 0 radical (unpaired) electrons. The Morgan fingerprint density at radius 1 is 1.19 bits per heavy atom. The zero-order valence-corrected chi connectivity index (χ0v) is 17.7. The number of hydrogen-bond donors (Lipinski definition) is 3. The lowest BCUT2D eigenvalue weighted by atomic mass is 10.1. The van der Waals surface area contributed by atoms with E-state index in [1.165, 1.54) is 4.31 Å². The molecule has 1 aliphatic rings. The standard InChI is InChI=1S/C13H13F3N2O3S.C6H3F3S/c14-13(15,16)10-1-2-11(9(5-10)6-17)22(21)18-4-3-12(20,7-18)8-19;7-4-1-3(10)2-5(8)6(4)9/h1-2,5,19-20H,3-4,7-8H2;1-2,10H. The van der Waals surface area contributed by atoms with Gasteiger partial charge in [0, 0.05) is 18.0 Å². The van der Waals surface area contributed by atoms with Crippen LogP contribution in [0.1, 0.15) is 17.5 Å². The third-order valence-electron chi connectivity index (χ3n) is 4.41. The summed E-state index contributed by atoms with van der Waals surface area (Å²) in [6.07, 6.45) is -4.39. The average Bonchev–Trinajstić information content (AvgIpc) is 3.13. The second-order valence-corrected chi connectivity index (χ2v) is 8.76. The van der Waals surface area contributed by atoms with Crippen molar-refractivity contribution in [2.45, 2.75) is 28.0 Å². The average molecular weight is 498 g/mol. The zero-order valence-electron chi connectivity index (χ0n) is 16.0. The van der Waals surface area contributed by atoms with Crippen LogP contribution in [0.4, 0.5) is 26.3 Å². The molecule has 0 aromatic heterocycles. The summed E-state index contributed by atoms with van der Waals surface area (Å²) in [6, 6.07) is 5.66. The van der Waals surface area contributed by atoms with Gasteiger partial charge in [0.1, 0.15) is 22.7 Å². The summed E-state index contributed by atoms with van der Waals surface area (Å²) in [5.41, 5.74) is -2.69. The first-order valence-corrected chi connectivity index (χ1v) is 10.3. The molecule has 0 saturated carbocycles. The Labute approximate surface area is 186 Å². The maximum absolute atomic E-state index is 12.6. The second kappa shape index (κ2) is 10.2. The molecule has 0 amide bonds. The highest BCUT2D eigenvalue weighted by Gasteiger charge is 2.39. The predicted molar refractivity (Wildman–Crippen MR) is 104 cm³/mol.